The summed E-state index contributed by atoms with van der Waals surface area (Å²) < 4.78 is 15.6. The fourth-order valence-corrected chi connectivity index (χ4v) is 2.06. The molecule has 0 radical (unpaired) electrons. The van der Waals surface area contributed by atoms with Gasteiger partial charge in [-0.3, -0.25) is 9.59 Å². The molecule has 0 aliphatic rings. The molecule has 0 saturated carbocycles. The highest BCUT2D eigenvalue weighted by Gasteiger charge is 2.30. The first kappa shape index (κ1) is 21.9. The molecule has 136 valence electrons. The number of hydrogen-bond acceptors (Lipinski definition) is 6. The maximum atomic E-state index is 11.8. The molecule has 1 N–H and O–H groups in total. The van der Waals surface area contributed by atoms with Gasteiger partial charge in [-0.15, -0.1) is 0 Å². The molecule has 6 heteroatoms. The molecule has 0 fully saturated rings. The van der Waals surface area contributed by atoms with Crippen molar-refractivity contribution in [1.82, 2.24) is 0 Å². The molecule has 0 aliphatic heterocycles. The van der Waals surface area contributed by atoms with E-state index in [0.717, 1.165) is 0 Å². The van der Waals surface area contributed by atoms with Gasteiger partial charge >= 0.3 is 11.9 Å². The van der Waals surface area contributed by atoms with Gasteiger partial charge in [0.2, 0.25) is 0 Å². The first-order valence-electron chi connectivity index (χ1n) is 8.27. The number of hydrogen-bond donors (Lipinski definition) is 1. The highest BCUT2D eigenvalue weighted by molar-refractivity contribution is 5.70. The fourth-order valence-electron chi connectivity index (χ4n) is 2.06. The lowest BCUT2D eigenvalue weighted by atomic mass is 10.1. The maximum absolute atomic E-state index is 11.8. The highest BCUT2D eigenvalue weighted by atomic mass is 16.6. The topological polar surface area (TPSA) is 82.1 Å². The molecule has 0 aromatic carbocycles. The van der Waals surface area contributed by atoms with Crippen molar-refractivity contribution in [2.24, 2.45) is 11.8 Å². The van der Waals surface area contributed by atoms with Crippen molar-refractivity contribution >= 4 is 11.9 Å². The number of ether oxygens (including phenoxy) is 3. The van der Waals surface area contributed by atoms with E-state index in [-0.39, 0.29) is 30.4 Å². The predicted octanol–water partition coefficient (Wildman–Crippen LogP) is 2.32. The number of rotatable bonds is 11. The van der Waals surface area contributed by atoms with Gasteiger partial charge in [0, 0.05) is 20.0 Å². The first-order chi connectivity index (χ1) is 10.7. The van der Waals surface area contributed by atoms with Crippen LogP contribution in [0.3, 0.4) is 0 Å². The summed E-state index contributed by atoms with van der Waals surface area (Å²) >= 11 is 0. The van der Waals surface area contributed by atoms with Crippen LogP contribution in [0.2, 0.25) is 0 Å². The zero-order chi connectivity index (χ0) is 18.0. The van der Waals surface area contributed by atoms with Crippen molar-refractivity contribution in [3.05, 3.63) is 0 Å². The molecular formula is C17H32O6. The summed E-state index contributed by atoms with van der Waals surface area (Å²) in [5, 5.41) is 10.4. The quantitative estimate of drug-likeness (QED) is 0.585. The van der Waals surface area contributed by atoms with Crippen molar-refractivity contribution in [1.29, 1.82) is 0 Å². The van der Waals surface area contributed by atoms with Crippen LogP contribution in [0.5, 0.6) is 0 Å². The Kier molecular flexibility index (Phi) is 10.8. The Morgan fingerprint density at radius 1 is 0.957 bits per heavy atom. The molecule has 0 saturated heterocycles. The molecule has 0 bridgehead atoms. The first-order valence-corrected chi connectivity index (χ1v) is 8.27. The number of esters is 2. The second kappa shape index (κ2) is 11.4. The number of methoxy groups -OCH3 is 1. The summed E-state index contributed by atoms with van der Waals surface area (Å²) in [4.78, 5) is 23.4. The SMILES string of the molecule is CCC(OC(=O)CC(C)C)C(O)C(COC(=O)CC(C)C)OC. The monoisotopic (exact) mass is 332 g/mol. The lowest BCUT2D eigenvalue weighted by Gasteiger charge is -2.28. The Morgan fingerprint density at radius 3 is 1.91 bits per heavy atom. The molecule has 0 heterocycles. The van der Waals surface area contributed by atoms with Gasteiger partial charge in [-0.25, -0.2) is 0 Å². The zero-order valence-corrected chi connectivity index (χ0v) is 15.2. The van der Waals surface area contributed by atoms with Crippen LogP contribution < -0.4 is 0 Å². The van der Waals surface area contributed by atoms with Gasteiger partial charge in [-0.2, -0.15) is 0 Å². The number of aliphatic hydroxyl groups excluding tert-OH is 1. The van der Waals surface area contributed by atoms with Gasteiger partial charge in [0.15, 0.2) is 0 Å². The van der Waals surface area contributed by atoms with Crippen molar-refractivity contribution in [2.45, 2.75) is 72.2 Å². The Morgan fingerprint density at radius 2 is 1.48 bits per heavy atom. The summed E-state index contributed by atoms with van der Waals surface area (Å²) in [7, 11) is 1.42. The Hall–Kier alpha value is -1.14. The van der Waals surface area contributed by atoms with E-state index in [9.17, 15) is 14.7 Å². The molecule has 0 aromatic rings. The minimum Gasteiger partial charge on any atom is -0.463 e. The molecule has 3 unspecified atom stereocenters. The van der Waals surface area contributed by atoms with Gasteiger partial charge in [-0.1, -0.05) is 34.6 Å². The highest BCUT2D eigenvalue weighted by Crippen LogP contribution is 2.14. The Labute approximate surface area is 139 Å². The molecule has 0 spiro atoms. The average Bonchev–Trinajstić information content (AvgIpc) is 2.43. The minimum atomic E-state index is -1.05. The summed E-state index contributed by atoms with van der Waals surface area (Å²) in [5.74, 6) is -0.294. The van der Waals surface area contributed by atoms with Gasteiger partial charge in [0.25, 0.3) is 0 Å². The van der Waals surface area contributed by atoms with Crippen LogP contribution in [0, 0.1) is 11.8 Å². The van der Waals surface area contributed by atoms with Gasteiger partial charge < -0.3 is 19.3 Å². The molecule has 0 rings (SSSR count). The van der Waals surface area contributed by atoms with E-state index in [1.165, 1.54) is 7.11 Å². The molecule has 23 heavy (non-hydrogen) atoms. The van der Waals surface area contributed by atoms with Crippen molar-refractivity contribution in [3.63, 3.8) is 0 Å². The lowest BCUT2D eigenvalue weighted by molar-refractivity contribution is -0.169. The van der Waals surface area contributed by atoms with Crippen LogP contribution in [0.15, 0.2) is 0 Å². The third-order valence-electron chi connectivity index (χ3n) is 3.31. The minimum absolute atomic E-state index is 0.0680. The van der Waals surface area contributed by atoms with Crippen molar-refractivity contribution in [3.8, 4) is 0 Å². The van der Waals surface area contributed by atoms with E-state index >= 15 is 0 Å². The van der Waals surface area contributed by atoms with E-state index in [0.29, 0.717) is 19.3 Å². The largest absolute Gasteiger partial charge is 0.463 e. The van der Waals surface area contributed by atoms with Crippen LogP contribution in [-0.4, -0.2) is 49.1 Å². The Bertz CT molecular complexity index is 353. The summed E-state index contributed by atoms with van der Waals surface area (Å²) in [6, 6.07) is 0. The van der Waals surface area contributed by atoms with Gasteiger partial charge in [-0.05, 0) is 18.3 Å². The number of carbonyl (C=O) groups is 2. The maximum Gasteiger partial charge on any atom is 0.306 e. The average molecular weight is 332 g/mol. The molecule has 6 nitrogen and oxygen atoms in total. The van der Waals surface area contributed by atoms with E-state index in [4.69, 9.17) is 14.2 Å². The predicted molar refractivity (Wildman–Crippen MR) is 86.8 cm³/mol. The standard InChI is InChI=1S/C17H32O6/c1-7-13(23-16(19)9-12(4)5)17(20)14(21-6)10-22-15(18)8-11(2)3/h11-14,17,20H,7-10H2,1-6H3. The number of carbonyl (C=O) groups excluding carboxylic acids is 2. The van der Waals surface area contributed by atoms with Crippen molar-refractivity contribution < 1.29 is 28.9 Å². The van der Waals surface area contributed by atoms with Crippen LogP contribution in [0.25, 0.3) is 0 Å². The third kappa shape index (κ3) is 9.56. The van der Waals surface area contributed by atoms with E-state index in [2.05, 4.69) is 0 Å². The van der Waals surface area contributed by atoms with Crippen molar-refractivity contribution in [2.75, 3.05) is 13.7 Å². The molecule has 3 atom stereocenters. The van der Waals surface area contributed by atoms with E-state index in [1.54, 1.807) is 0 Å². The zero-order valence-electron chi connectivity index (χ0n) is 15.2. The fraction of sp³-hybridized carbons (Fsp3) is 0.882. The smallest absolute Gasteiger partial charge is 0.306 e. The Balaban J connectivity index is 4.54. The summed E-state index contributed by atoms with van der Waals surface area (Å²) in [6.07, 6.45) is -1.41. The lowest BCUT2D eigenvalue weighted by Crippen LogP contribution is -2.43. The molecular weight excluding hydrogens is 300 g/mol. The van der Waals surface area contributed by atoms with Crippen LogP contribution in [0.4, 0.5) is 0 Å². The van der Waals surface area contributed by atoms with Crippen LogP contribution >= 0.6 is 0 Å². The molecule has 0 aliphatic carbocycles. The summed E-state index contributed by atoms with van der Waals surface area (Å²) in [5.41, 5.74) is 0. The van der Waals surface area contributed by atoms with Crippen LogP contribution in [0.1, 0.15) is 53.9 Å². The second-order valence-corrected chi connectivity index (χ2v) is 6.58. The number of aliphatic hydroxyl groups is 1. The van der Waals surface area contributed by atoms with Crippen LogP contribution in [-0.2, 0) is 23.8 Å². The summed E-state index contributed by atoms with van der Waals surface area (Å²) in [6.45, 7) is 9.43. The van der Waals surface area contributed by atoms with Gasteiger partial charge in [0.05, 0.1) is 0 Å². The second-order valence-electron chi connectivity index (χ2n) is 6.58. The van der Waals surface area contributed by atoms with E-state index < -0.39 is 18.3 Å². The van der Waals surface area contributed by atoms with Gasteiger partial charge in [0.1, 0.15) is 24.9 Å². The molecule has 0 amide bonds. The normalized spacial score (nSPS) is 15.3. The molecule has 0 aromatic heterocycles. The third-order valence-corrected chi connectivity index (χ3v) is 3.31. The van der Waals surface area contributed by atoms with E-state index in [1.807, 2.05) is 34.6 Å².